The van der Waals surface area contributed by atoms with Crippen molar-refractivity contribution in [3.05, 3.63) is 0 Å². The Morgan fingerprint density at radius 3 is 2.41 bits per heavy atom. The number of nitrogens with one attached hydrogen (secondary N) is 1. The van der Waals surface area contributed by atoms with E-state index in [-0.39, 0.29) is 36.0 Å². The van der Waals surface area contributed by atoms with E-state index >= 15 is 0 Å². The van der Waals surface area contributed by atoms with Gasteiger partial charge in [-0.2, -0.15) is 0 Å². The van der Waals surface area contributed by atoms with Crippen molar-refractivity contribution in [3.63, 3.8) is 0 Å². The van der Waals surface area contributed by atoms with Gasteiger partial charge in [0.15, 0.2) is 0 Å². The van der Waals surface area contributed by atoms with E-state index in [1.807, 2.05) is 4.90 Å². The van der Waals surface area contributed by atoms with Crippen molar-refractivity contribution < 1.29 is 14.3 Å². The van der Waals surface area contributed by atoms with Crippen LogP contribution in [0.1, 0.15) is 71.1 Å². The highest BCUT2D eigenvalue weighted by molar-refractivity contribution is 5.87. The number of nitrogens with zero attached hydrogens (tertiary/aromatic N) is 3. The van der Waals surface area contributed by atoms with Crippen LogP contribution in [0.3, 0.4) is 0 Å². The maximum Gasteiger partial charge on any atom is 0.243 e. The summed E-state index contributed by atoms with van der Waals surface area (Å²) in [5.74, 6) is 0.784. The van der Waals surface area contributed by atoms with Crippen molar-refractivity contribution in [2.45, 2.75) is 95.3 Å². The van der Waals surface area contributed by atoms with Gasteiger partial charge in [0.05, 0.1) is 13.2 Å². The van der Waals surface area contributed by atoms with Crippen molar-refractivity contribution in [2.24, 2.45) is 11.7 Å². The Kier molecular flexibility index (Phi) is 9.62. The van der Waals surface area contributed by atoms with Crippen molar-refractivity contribution >= 4 is 11.8 Å². The molecule has 8 nitrogen and oxygen atoms in total. The van der Waals surface area contributed by atoms with Gasteiger partial charge in [0.25, 0.3) is 0 Å². The molecule has 0 spiro atoms. The number of amides is 2. The van der Waals surface area contributed by atoms with Crippen LogP contribution in [-0.2, 0) is 14.3 Å². The third-order valence-corrected chi connectivity index (χ3v) is 8.65. The highest BCUT2D eigenvalue weighted by Gasteiger charge is 2.41. The molecule has 194 valence electrons. The van der Waals surface area contributed by atoms with Crippen molar-refractivity contribution in [2.75, 3.05) is 52.5 Å². The van der Waals surface area contributed by atoms with Gasteiger partial charge in [0.1, 0.15) is 6.04 Å². The van der Waals surface area contributed by atoms with E-state index in [1.54, 1.807) is 6.92 Å². The number of carbonyl (C=O) groups excluding carboxylic acids is 2. The number of morpholine rings is 1. The Labute approximate surface area is 205 Å². The molecule has 4 fully saturated rings. The van der Waals surface area contributed by atoms with Gasteiger partial charge in [-0.15, -0.1) is 0 Å². The molecule has 2 unspecified atom stereocenters. The Morgan fingerprint density at radius 2 is 1.74 bits per heavy atom. The van der Waals surface area contributed by atoms with Gasteiger partial charge in [-0.05, 0) is 50.9 Å². The first-order valence-corrected chi connectivity index (χ1v) is 13.9. The average Bonchev–Trinajstić information content (AvgIpc) is 3.31. The second kappa shape index (κ2) is 12.7. The van der Waals surface area contributed by atoms with E-state index in [4.69, 9.17) is 10.5 Å². The number of carbonyl (C=O) groups is 2. The summed E-state index contributed by atoms with van der Waals surface area (Å²) in [5, 5.41) is 3.26. The van der Waals surface area contributed by atoms with Gasteiger partial charge in [-0.1, -0.05) is 19.3 Å². The molecule has 2 atom stereocenters. The average molecular weight is 478 g/mol. The molecule has 0 aromatic carbocycles. The fourth-order valence-electron chi connectivity index (χ4n) is 6.45. The summed E-state index contributed by atoms with van der Waals surface area (Å²) in [7, 11) is 0. The molecule has 8 heteroatoms. The van der Waals surface area contributed by atoms with Crippen LogP contribution in [0.2, 0.25) is 0 Å². The highest BCUT2D eigenvalue weighted by atomic mass is 16.5. The highest BCUT2D eigenvalue weighted by Crippen LogP contribution is 2.29. The third-order valence-electron chi connectivity index (χ3n) is 8.65. The number of nitrogens with two attached hydrogens (primary N) is 1. The van der Waals surface area contributed by atoms with Gasteiger partial charge in [0, 0.05) is 64.3 Å². The molecule has 4 rings (SSSR count). The predicted octanol–water partition coefficient (Wildman–Crippen LogP) is 1.58. The maximum absolute atomic E-state index is 13.3. The molecule has 2 aliphatic carbocycles. The fraction of sp³-hybridized carbons (Fsp3) is 0.923. The molecule has 2 saturated carbocycles. The van der Waals surface area contributed by atoms with E-state index in [1.165, 1.54) is 32.1 Å². The molecule has 2 saturated heterocycles. The quantitative estimate of drug-likeness (QED) is 0.552. The first-order chi connectivity index (χ1) is 16.5. The first-order valence-electron chi connectivity index (χ1n) is 13.9. The summed E-state index contributed by atoms with van der Waals surface area (Å²) in [5.41, 5.74) is 6.04. The van der Waals surface area contributed by atoms with Crippen LogP contribution in [0, 0.1) is 5.92 Å². The lowest BCUT2D eigenvalue weighted by Crippen LogP contribution is -2.49. The lowest BCUT2D eigenvalue weighted by Gasteiger charge is -2.36. The van der Waals surface area contributed by atoms with Crippen LogP contribution in [0.4, 0.5) is 0 Å². The molecule has 3 N–H and O–H groups in total. The van der Waals surface area contributed by atoms with E-state index in [2.05, 4.69) is 15.1 Å². The molecule has 2 heterocycles. The number of hydrogen-bond acceptors (Lipinski definition) is 6. The first kappa shape index (κ1) is 25.9. The standard InChI is InChI=1S/C26H47N5O3/c1-20(32)31-19-24(17-25(31)26(33)28-23-9-7-22(27)8-10-23)30(18-21-5-3-2-4-6-21)12-11-29-13-15-34-16-14-29/h21-25H,2-19,27H2,1H3,(H,28,33). The number of rotatable bonds is 8. The monoisotopic (exact) mass is 477 g/mol. The molecular formula is C26H47N5O3. The van der Waals surface area contributed by atoms with Crippen LogP contribution in [0.15, 0.2) is 0 Å². The largest absolute Gasteiger partial charge is 0.379 e. The van der Waals surface area contributed by atoms with Crippen LogP contribution in [0.5, 0.6) is 0 Å². The Bertz CT molecular complexity index is 657. The molecule has 0 aromatic heterocycles. The van der Waals surface area contributed by atoms with Gasteiger partial charge in [-0.25, -0.2) is 0 Å². The Hall–Kier alpha value is -1.22. The fourth-order valence-corrected chi connectivity index (χ4v) is 6.45. The van der Waals surface area contributed by atoms with Crippen LogP contribution in [0.25, 0.3) is 0 Å². The molecule has 4 aliphatic rings. The molecule has 0 bridgehead atoms. The van der Waals surface area contributed by atoms with E-state index < -0.39 is 0 Å². The Balaban J connectivity index is 1.39. The molecule has 0 radical (unpaired) electrons. The SMILES string of the molecule is CC(=O)N1CC(N(CCN2CCOCC2)CC2CCCCC2)CC1C(=O)NC1CCC(N)CC1. The lowest BCUT2D eigenvalue weighted by atomic mass is 9.88. The van der Waals surface area contributed by atoms with E-state index in [0.29, 0.717) is 6.54 Å². The number of ether oxygens (including phenoxy) is 1. The van der Waals surface area contributed by atoms with Crippen LogP contribution < -0.4 is 11.1 Å². The minimum atomic E-state index is -0.352. The molecule has 2 aliphatic heterocycles. The zero-order chi connectivity index (χ0) is 23.9. The van der Waals surface area contributed by atoms with E-state index in [0.717, 1.165) is 84.0 Å². The molecule has 2 amide bonds. The summed E-state index contributed by atoms with van der Waals surface area (Å²) >= 11 is 0. The Morgan fingerprint density at radius 1 is 1.03 bits per heavy atom. The molecular weight excluding hydrogens is 430 g/mol. The molecule has 0 aromatic rings. The third kappa shape index (κ3) is 7.15. The zero-order valence-electron chi connectivity index (χ0n) is 21.3. The number of likely N-dealkylation sites (tertiary alicyclic amines) is 1. The summed E-state index contributed by atoms with van der Waals surface area (Å²) in [6, 6.07) is 0.357. The lowest BCUT2D eigenvalue weighted by molar-refractivity contribution is -0.137. The van der Waals surface area contributed by atoms with Gasteiger partial charge in [0.2, 0.25) is 11.8 Å². The minimum Gasteiger partial charge on any atom is -0.379 e. The normalized spacial score (nSPS) is 31.7. The topological polar surface area (TPSA) is 91.1 Å². The van der Waals surface area contributed by atoms with Crippen molar-refractivity contribution in [3.8, 4) is 0 Å². The predicted molar refractivity (Wildman–Crippen MR) is 133 cm³/mol. The van der Waals surface area contributed by atoms with Gasteiger partial charge in [-0.3, -0.25) is 19.4 Å². The van der Waals surface area contributed by atoms with Crippen molar-refractivity contribution in [1.29, 1.82) is 0 Å². The van der Waals surface area contributed by atoms with Gasteiger partial charge < -0.3 is 20.7 Å². The van der Waals surface area contributed by atoms with Gasteiger partial charge >= 0.3 is 0 Å². The summed E-state index contributed by atoms with van der Waals surface area (Å²) in [4.78, 5) is 32.8. The summed E-state index contributed by atoms with van der Waals surface area (Å²) in [6.45, 7) is 9.04. The minimum absolute atomic E-state index is 0.0131. The summed E-state index contributed by atoms with van der Waals surface area (Å²) in [6.07, 6.45) is 11.2. The number of hydrogen-bond donors (Lipinski definition) is 2. The maximum atomic E-state index is 13.3. The zero-order valence-corrected chi connectivity index (χ0v) is 21.3. The molecule has 34 heavy (non-hydrogen) atoms. The smallest absolute Gasteiger partial charge is 0.243 e. The second-order valence-electron chi connectivity index (χ2n) is 11.1. The van der Waals surface area contributed by atoms with Crippen LogP contribution >= 0.6 is 0 Å². The summed E-state index contributed by atoms with van der Waals surface area (Å²) < 4.78 is 5.53. The van der Waals surface area contributed by atoms with Crippen LogP contribution in [-0.4, -0.2) is 103 Å². The second-order valence-corrected chi connectivity index (χ2v) is 11.1. The van der Waals surface area contributed by atoms with Crippen molar-refractivity contribution in [1.82, 2.24) is 20.0 Å². The van der Waals surface area contributed by atoms with E-state index in [9.17, 15) is 9.59 Å².